The number of anilines is 2. The summed E-state index contributed by atoms with van der Waals surface area (Å²) < 4.78 is 5.34. The van der Waals surface area contributed by atoms with Gasteiger partial charge in [0, 0.05) is 26.2 Å². The predicted molar refractivity (Wildman–Crippen MR) is 103 cm³/mol. The van der Waals surface area contributed by atoms with Gasteiger partial charge in [-0.1, -0.05) is 29.8 Å². The molecule has 0 saturated carbocycles. The minimum absolute atomic E-state index is 0.0383. The Balaban J connectivity index is 1.41. The van der Waals surface area contributed by atoms with Gasteiger partial charge in [0.2, 0.25) is 5.91 Å². The van der Waals surface area contributed by atoms with E-state index in [2.05, 4.69) is 20.5 Å². The monoisotopic (exact) mass is 354 g/mol. The molecule has 3 rings (SSSR count). The van der Waals surface area contributed by atoms with Gasteiger partial charge in [0.15, 0.2) is 0 Å². The summed E-state index contributed by atoms with van der Waals surface area (Å²) in [6.45, 7) is 7.45. The van der Waals surface area contributed by atoms with Crippen molar-refractivity contribution in [3.05, 3.63) is 53.7 Å². The minimum atomic E-state index is -0.0383. The van der Waals surface area contributed by atoms with E-state index in [0.717, 1.165) is 50.8 Å². The van der Waals surface area contributed by atoms with Crippen LogP contribution in [0.15, 0.2) is 42.6 Å². The van der Waals surface area contributed by atoms with E-state index in [1.165, 1.54) is 5.56 Å². The highest BCUT2D eigenvalue weighted by Crippen LogP contribution is 2.11. The van der Waals surface area contributed by atoms with E-state index in [1.807, 2.05) is 43.3 Å². The second kappa shape index (κ2) is 9.31. The number of morpholine rings is 1. The molecule has 0 atom stereocenters. The number of pyridine rings is 1. The number of ether oxygens (including phenoxy) is 1. The molecule has 2 heterocycles. The molecular weight excluding hydrogens is 328 g/mol. The molecule has 0 bridgehead atoms. The van der Waals surface area contributed by atoms with Crippen LogP contribution >= 0.6 is 0 Å². The molecule has 1 aromatic heterocycles. The number of nitrogens with one attached hydrogen (secondary N) is 2. The molecule has 1 amide bonds. The number of aromatic nitrogens is 1. The van der Waals surface area contributed by atoms with Crippen LogP contribution in [0.1, 0.15) is 11.1 Å². The maximum atomic E-state index is 12.1. The summed E-state index contributed by atoms with van der Waals surface area (Å²) in [6.07, 6.45) is 2.05. The maximum absolute atomic E-state index is 12.1. The number of nitrogens with zero attached hydrogens (tertiary/aromatic N) is 2. The Labute approximate surface area is 154 Å². The van der Waals surface area contributed by atoms with E-state index >= 15 is 0 Å². The lowest BCUT2D eigenvalue weighted by molar-refractivity contribution is -0.115. The first-order chi connectivity index (χ1) is 12.7. The summed E-state index contributed by atoms with van der Waals surface area (Å²) in [4.78, 5) is 18.9. The maximum Gasteiger partial charge on any atom is 0.228 e. The van der Waals surface area contributed by atoms with Gasteiger partial charge in [0.05, 0.1) is 31.5 Å². The smallest absolute Gasteiger partial charge is 0.228 e. The summed E-state index contributed by atoms with van der Waals surface area (Å²) >= 11 is 0. The molecule has 138 valence electrons. The zero-order valence-corrected chi connectivity index (χ0v) is 15.2. The van der Waals surface area contributed by atoms with Gasteiger partial charge in [0.25, 0.3) is 0 Å². The summed E-state index contributed by atoms with van der Waals surface area (Å²) in [5.41, 5.74) is 2.90. The Morgan fingerprint density at radius 1 is 1.15 bits per heavy atom. The van der Waals surface area contributed by atoms with Crippen LogP contribution in [-0.2, 0) is 16.0 Å². The van der Waals surface area contributed by atoms with E-state index in [-0.39, 0.29) is 5.91 Å². The van der Waals surface area contributed by atoms with Crippen LogP contribution in [0.25, 0.3) is 0 Å². The van der Waals surface area contributed by atoms with Gasteiger partial charge >= 0.3 is 0 Å². The Morgan fingerprint density at radius 2 is 1.92 bits per heavy atom. The normalized spacial score (nSPS) is 14.8. The number of rotatable bonds is 7. The topological polar surface area (TPSA) is 66.5 Å². The quantitative estimate of drug-likeness (QED) is 0.799. The number of hydrogen-bond acceptors (Lipinski definition) is 5. The lowest BCUT2D eigenvalue weighted by atomic mass is 10.1. The van der Waals surface area contributed by atoms with E-state index < -0.39 is 0 Å². The van der Waals surface area contributed by atoms with Crippen molar-refractivity contribution in [2.24, 2.45) is 0 Å². The zero-order chi connectivity index (χ0) is 18.2. The Morgan fingerprint density at radius 3 is 2.62 bits per heavy atom. The van der Waals surface area contributed by atoms with Gasteiger partial charge in [-0.25, -0.2) is 4.98 Å². The first-order valence-corrected chi connectivity index (χ1v) is 9.04. The number of amides is 1. The Kier molecular flexibility index (Phi) is 6.57. The van der Waals surface area contributed by atoms with Crippen LogP contribution < -0.4 is 10.6 Å². The van der Waals surface area contributed by atoms with Crippen LogP contribution in [0.2, 0.25) is 0 Å². The molecular formula is C20H26N4O2. The summed E-state index contributed by atoms with van der Waals surface area (Å²) in [5.74, 6) is 0.776. The molecule has 1 fully saturated rings. The molecule has 2 aromatic rings. The van der Waals surface area contributed by atoms with Crippen LogP contribution in [0.5, 0.6) is 0 Å². The van der Waals surface area contributed by atoms with Gasteiger partial charge in [-0.15, -0.1) is 0 Å². The fourth-order valence-electron chi connectivity index (χ4n) is 2.84. The molecule has 1 aromatic carbocycles. The Hall–Kier alpha value is -2.44. The molecule has 26 heavy (non-hydrogen) atoms. The second-order valence-electron chi connectivity index (χ2n) is 6.52. The summed E-state index contributed by atoms with van der Waals surface area (Å²) in [5, 5.41) is 6.20. The highest BCUT2D eigenvalue weighted by Gasteiger charge is 2.09. The number of carbonyl (C=O) groups is 1. The number of carbonyl (C=O) groups excluding carboxylic acids is 1. The fourth-order valence-corrected chi connectivity index (χ4v) is 2.84. The molecule has 0 radical (unpaired) electrons. The SMILES string of the molecule is Cc1ccc(CC(=O)Nc2ccc(NCCN3CCOCC3)nc2)cc1. The fraction of sp³-hybridized carbons (Fsp3) is 0.400. The van der Waals surface area contributed by atoms with Crippen molar-refractivity contribution in [3.8, 4) is 0 Å². The first-order valence-electron chi connectivity index (χ1n) is 9.04. The van der Waals surface area contributed by atoms with Gasteiger partial charge in [-0.3, -0.25) is 9.69 Å². The van der Waals surface area contributed by atoms with E-state index in [9.17, 15) is 4.79 Å². The third-order valence-corrected chi connectivity index (χ3v) is 4.37. The largest absolute Gasteiger partial charge is 0.379 e. The highest BCUT2D eigenvalue weighted by atomic mass is 16.5. The average molecular weight is 354 g/mol. The number of hydrogen-bond donors (Lipinski definition) is 2. The zero-order valence-electron chi connectivity index (χ0n) is 15.2. The minimum Gasteiger partial charge on any atom is -0.379 e. The van der Waals surface area contributed by atoms with Crippen molar-refractivity contribution in [3.63, 3.8) is 0 Å². The third-order valence-electron chi connectivity index (χ3n) is 4.37. The van der Waals surface area contributed by atoms with Crippen molar-refractivity contribution < 1.29 is 9.53 Å². The van der Waals surface area contributed by atoms with Crippen molar-refractivity contribution in [1.29, 1.82) is 0 Å². The molecule has 6 heteroatoms. The highest BCUT2D eigenvalue weighted by molar-refractivity contribution is 5.92. The Bertz CT molecular complexity index is 695. The van der Waals surface area contributed by atoms with E-state index in [1.54, 1.807) is 6.20 Å². The van der Waals surface area contributed by atoms with E-state index in [4.69, 9.17) is 4.74 Å². The molecule has 6 nitrogen and oxygen atoms in total. The average Bonchev–Trinajstić information content (AvgIpc) is 2.66. The van der Waals surface area contributed by atoms with Crippen LogP contribution in [-0.4, -0.2) is 55.2 Å². The van der Waals surface area contributed by atoms with Crippen molar-refractivity contribution in [2.75, 3.05) is 50.0 Å². The lowest BCUT2D eigenvalue weighted by Crippen LogP contribution is -2.39. The molecule has 1 aliphatic heterocycles. The number of aryl methyl sites for hydroxylation is 1. The molecule has 0 aliphatic carbocycles. The summed E-state index contributed by atoms with van der Waals surface area (Å²) in [7, 11) is 0. The van der Waals surface area contributed by atoms with Crippen LogP contribution in [0.4, 0.5) is 11.5 Å². The predicted octanol–water partition coefficient (Wildman–Crippen LogP) is 2.32. The van der Waals surface area contributed by atoms with Gasteiger partial charge < -0.3 is 15.4 Å². The standard InChI is InChI=1S/C20H26N4O2/c1-16-2-4-17(5-3-16)14-20(25)23-18-6-7-19(22-15-18)21-8-9-24-10-12-26-13-11-24/h2-7,15H,8-14H2,1H3,(H,21,22)(H,23,25). The molecule has 1 aliphatic rings. The van der Waals surface area contributed by atoms with E-state index in [0.29, 0.717) is 12.1 Å². The van der Waals surface area contributed by atoms with Crippen molar-refractivity contribution in [2.45, 2.75) is 13.3 Å². The molecule has 1 saturated heterocycles. The van der Waals surface area contributed by atoms with Crippen molar-refractivity contribution >= 4 is 17.4 Å². The van der Waals surface area contributed by atoms with Crippen LogP contribution in [0, 0.1) is 6.92 Å². The third kappa shape index (κ3) is 5.82. The molecule has 2 N–H and O–H groups in total. The van der Waals surface area contributed by atoms with Gasteiger partial charge in [-0.2, -0.15) is 0 Å². The lowest BCUT2D eigenvalue weighted by Gasteiger charge is -2.26. The summed E-state index contributed by atoms with van der Waals surface area (Å²) in [6, 6.07) is 11.8. The molecule has 0 unspecified atom stereocenters. The first kappa shape index (κ1) is 18.4. The van der Waals surface area contributed by atoms with Gasteiger partial charge in [0.1, 0.15) is 5.82 Å². The van der Waals surface area contributed by atoms with Crippen molar-refractivity contribution in [1.82, 2.24) is 9.88 Å². The second-order valence-corrected chi connectivity index (χ2v) is 6.52. The molecule has 0 spiro atoms. The van der Waals surface area contributed by atoms with Gasteiger partial charge in [-0.05, 0) is 24.6 Å². The number of benzene rings is 1. The van der Waals surface area contributed by atoms with Crippen LogP contribution in [0.3, 0.4) is 0 Å².